The van der Waals surface area contributed by atoms with Crippen molar-refractivity contribution in [2.45, 2.75) is 4.90 Å². The molecule has 0 amide bonds. The summed E-state index contributed by atoms with van der Waals surface area (Å²) in [5.74, 6) is 0.353. The summed E-state index contributed by atoms with van der Waals surface area (Å²) in [5.41, 5.74) is 4.71. The van der Waals surface area contributed by atoms with Crippen LogP contribution in [0.25, 0.3) is 33.1 Å². The maximum absolute atomic E-state index is 13.2. The highest BCUT2D eigenvalue weighted by molar-refractivity contribution is 9.10. The molecule has 0 aliphatic carbocycles. The molecule has 0 spiro atoms. The summed E-state index contributed by atoms with van der Waals surface area (Å²) in [6.45, 7) is 0. The zero-order valence-electron chi connectivity index (χ0n) is 19.8. The van der Waals surface area contributed by atoms with Crippen LogP contribution < -0.4 is 10.0 Å². The lowest BCUT2D eigenvalue weighted by Gasteiger charge is -2.15. The Balaban J connectivity index is 1.46. The van der Waals surface area contributed by atoms with E-state index < -0.39 is 10.0 Å². The van der Waals surface area contributed by atoms with Crippen molar-refractivity contribution in [2.75, 3.05) is 10.0 Å². The average molecular weight is 582 g/mol. The minimum absolute atomic E-state index is 0.0860. The topological polar surface area (TPSA) is 96.9 Å². The maximum Gasteiger partial charge on any atom is 0.263 e. The third kappa shape index (κ3) is 4.69. The zero-order chi connectivity index (χ0) is 26.1. The van der Waals surface area contributed by atoms with Crippen molar-refractivity contribution >= 4 is 65.2 Å². The van der Waals surface area contributed by atoms with E-state index in [1.165, 1.54) is 12.1 Å². The smallest absolute Gasteiger partial charge is 0.263 e. The van der Waals surface area contributed by atoms with Gasteiger partial charge in [0, 0.05) is 16.1 Å². The van der Waals surface area contributed by atoms with Gasteiger partial charge in [-0.1, -0.05) is 70.5 Å². The van der Waals surface area contributed by atoms with Crippen molar-refractivity contribution in [3.05, 3.63) is 114 Å². The van der Waals surface area contributed by atoms with Crippen LogP contribution in [-0.4, -0.2) is 23.4 Å². The molecule has 0 aliphatic rings. The second-order valence-electron chi connectivity index (χ2n) is 8.52. The number of rotatable bonds is 6. The first-order valence-electron chi connectivity index (χ1n) is 11.7. The molecule has 0 saturated carbocycles. The van der Waals surface area contributed by atoms with Crippen molar-refractivity contribution in [1.82, 2.24) is 15.0 Å². The van der Waals surface area contributed by atoms with Gasteiger partial charge in [0.15, 0.2) is 11.6 Å². The van der Waals surface area contributed by atoms with E-state index >= 15 is 0 Å². The second-order valence-corrected chi connectivity index (χ2v) is 11.1. The van der Waals surface area contributed by atoms with Crippen LogP contribution in [0.1, 0.15) is 0 Å². The number of sulfonamides is 1. The van der Waals surface area contributed by atoms with Crippen LogP contribution in [0.15, 0.2) is 119 Å². The largest absolute Gasteiger partial charge is 0.335 e. The number of hydrogen-bond acceptors (Lipinski definition) is 6. The van der Waals surface area contributed by atoms with E-state index in [0.29, 0.717) is 16.7 Å². The van der Waals surface area contributed by atoms with E-state index in [9.17, 15) is 8.42 Å². The van der Waals surface area contributed by atoms with Gasteiger partial charge in [-0.25, -0.2) is 18.4 Å². The molecule has 38 heavy (non-hydrogen) atoms. The Hall–Kier alpha value is -4.34. The minimum atomic E-state index is -3.93. The number of fused-ring (bicyclic) bond motifs is 2. The van der Waals surface area contributed by atoms with Crippen LogP contribution in [-0.2, 0) is 10.0 Å². The lowest BCUT2D eigenvalue weighted by Crippen LogP contribution is -2.16. The number of para-hydroxylation sites is 3. The Labute approximate surface area is 227 Å². The van der Waals surface area contributed by atoms with Gasteiger partial charge in [-0.3, -0.25) is 9.71 Å². The molecular weight excluding hydrogens is 562 g/mol. The average Bonchev–Trinajstić information content (AvgIpc) is 2.94. The number of hydrogen-bond donors (Lipinski definition) is 2. The van der Waals surface area contributed by atoms with Gasteiger partial charge < -0.3 is 5.32 Å². The summed E-state index contributed by atoms with van der Waals surface area (Å²) in [5, 5.41) is 4.25. The number of aromatic nitrogens is 3. The van der Waals surface area contributed by atoms with Gasteiger partial charge in [-0.15, -0.1) is 0 Å². The first-order valence-corrected chi connectivity index (χ1v) is 14.0. The number of anilines is 3. The standard InChI is InChI=1S/C29H20BrN5O2S/c30-20-13-15-21(16-14-20)38(36,37)35-29-28(32-24-10-4-5-11-25(24)33-29)34-26-12-6-9-23-22(17-18-31-27(23)26)19-7-2-1-3-8-19/h1-18H,(H,32,34)(H,33,35). The van der Waals surface area contributed by atoms with E-state index in [0.717, 1.165) is 26.5 Å². The number of pyridine rings is 1. The molecule has 0 radical (unpaired) electrons. The third-order valence-corrected chi connectivity index (χ3v) is 7.92. The fraction of sp³-hybridized carbons (Fsp3) is 0. The Bertz CT molecular complexity index is 1900. The molecule has 0 saturated heterocycles. The molecule has 0 atom stereocenters. The second kappa shape index (κ2) is 9.85. The highest BCUT2D eigenvalue weighted by Crippen LogP contribution is 2.34. The quantitative estimate of drug-likeness (QED) is 0.217. The summed E-state index contributed by atoms with van der Waals surface area (Å²) in [6.07, 6.45) is 1.76. The number of nitrogens with zero attached hydrogens (tertiary/aromatic N) is 3. The van der Waals surface area contributed by atoms with Crippen LogP contribution in [0.4, 0.5) is 17.3 Å². The van der Waals surface area contributed by atoms with Crippen molar-refractivity contribution in [1.29, 1.82) is 0 Å². The molecule has 2 heterocycles. The van der Waals surface area contributed by atoms with Gasteiger partial charge in [-0.05, 0) is 59.7 Å². The maximum atomic E-state index is 13.2. The molecule has 6 aromatic rings. The van der Waals surface area contributed by atoms with Gasteiger partial charge in [0.05, 0.1) is 27.1 Å². The monoisotopic (exact) mass is 581 g/mol. The Morgan fingerprint density at radius 1 is 0.684 bits per heavy atom. The van der Waals surface area contributed by atoms with Crippen molar-refractivity contribution in [2.24, 2.45) is 0 Å². The molecule has 0 aliphatic heterocycles. The van der Waals surface area contributed by atoms with E-state index in [4.69, 9.17) is 4.98 Å². The highest BCUT2D eigenvalue weighted by Gasteiger charge is 2.20. The number of nitrogens with one attached hydrogen (secondary N) is 2. The third-order valence-electron chi connectivity index (χ3n) is 6.03. The molecule has 9 heteroatoms. The number of benzene rings is 4. The molecule has 0 fully saturated rings. The first-order chi connectivity index (χ1) is 18.5. The molecule has 2 N–H and O–H groups in total. The van der Waals surface area contributed by atoms with Crippen LogP contribution in [0.5, 0.6) is 0 Å². The Morgan fingerprint density at radius 2 is 1.37 bits per heavy atom. The summed E-state index contributed by atoms with van der Waals surface area (Å²) in [7, 11) is -3.93. The fourth-order valence-electron chi connectivity index (χ4n) is 4.23. The lowest BCUT2D eigenvalue weighted by molar-refractivity contribution is 0.601. The summed E-state index contributed by atoms with van der Waals surface area (Å²) in [6, 6.07) is 31.6. The Morgan fingerprint density at radius 3 is 2.11 bits per heavy atom. The molecule has 2 aromatic heterocycles. The van der Waals surface area contributed by atoms with E-state index in [-0.39, 0.29) is 16.5 Å². The molecule has 0 unspecified atom stereocenters. The normalized spacial score (nSPS) is 11.5. The van der Waals surface area contributed by atoms with Gasteiger partial charge in [-0.2, -0.15) is 0 Å². The molecular formula is C29H20BrN5O2S. The van der Waals surface area contributed by atoms with Gasteiger partial charge in [0.25, 0.3) is 10.0 Å². The van der Waals surface area contributed by atoms with Gasteiger partial charge in [0.2, 0.25) is 0 Å². The highest BCUT2D eigenvalue weighted by atomic mass is 79.9. The molecule has 7 nitrogen and oxygen atoms in total. The van der Waals surface area contributed by atoms with Crippen LogP contribution in [0.2, 0.25) is 0 Å². The summed E-state index contributed by atoms with van der Waals surface area (Å²) >= 11 is 3.34. The SMILES string of the molecule is O=S(=O)(Nc1nc2ccccc2nc1Nc1cccc2c(-c3ccccc3)ccnc12)c1ccc(Br)cc1. The minimum Gasteiger partial charge on any atom is -0.335 e. The van der Waals surface area contributed by atoms with Crippen LogP contribution in [0, 0.1) is 0 Å². The van der Waals surface area contributed by atoms with Crippen LogP contribution in [0.3, 0.4) is 0 Å². The van der Waals surface area contributed by atoms with Crippen LogP contribution >= 0.6 is 15.9 Å². The predicted molar refractivity (Wildman–Crippen MR) is 155 cm³/mol. The van der Waals surface area contributed by atoms with Crippen molar-refractivity contribution in [3.8, 4) is 11.1 Å². The first kappa shape index (κ1) is 24.0. The molecule has 4 aromatic carbocycles. The van der Waals surface area contributed by atoms with Crippen molar-refractivity contribution in [3.63, 3.8) is 0 Å². The fourth-order valence-corrected chi connectivity index (χ4v) is 5.51. The van der Waals surface area contributed by atoms with E-state index in [1.54, 1.807) is 24.4 Å². The van der Waals surface area contributed by atoms with E-state index in [1.807, 2.05) is 60.7 Å². The van der Waals surface area contributed by atoms with Gasteiger partial charge in [0.1, 0.15) is 0 Å². The summed E-state index contributed by atoms with van der Waals surface area (Å²) < 4.78 is 29.9. The van der Waals surface area contributed by atoms with Gasteiger partial charge >= 0.3 is 0 Å². The molecule has 186 valence electrons. The summed E-state index contributed by atoms with van der Waals surface area (Å²) in [4.78, 5) is 14.1. The van der Waals surface area contributed by atoms with Crippen molar-refractivity contribution < 1.29 is 8.42 Å². The Kier molecular flexibility index (Phi) is 6.22. The lowest BCUT2D eigenvalue weighted by atomic mass is 10.0. The number of halogens is 1. The predicted octanol–water partition coefficient (Wildman–Crippen LogP) is 7.15. The molecule has 6 rings (SSSR count). The molecule has 0 bridgehead atoms. The zero-order valence-corrected chi connectivity index (χ0v) is 22.2. The van der Waals surface area contributed by atoms with E-state index in [2.05, 4.69) is 48.1 Å².